The number of phosphoric acid groups is 1. The van der Waals surface area contributed by atoms with E-state index in [1.165, 1.54) is 4.90 Å². The fourth-order valence-electron chi connectivity index (χ4n) is 7.71. The van der Waals surface area contributed by atoms with E-state index in [1.807, 2.05) is 6.92 Å². The van der Waals surface area contributed by atoms with E-state index in [2.05, 4.69) is 25.8 Å². The number of ether oxygens (including phenoxy) is 5. The minimum Gasteiger partial charge on any atom is -0.379 e. The van der Waals surface area contributed by atoms with Gasteiger partial charge < -0.3 is 60.5 Å². The maximum Gasteiger partial charge on any atom is 0.472 e. The number of unbranched alkanes of at least 4 members (excludes halogenated alkanes) is 4. The topological polar surface area (TPSA) is 356 Å². The Bertz CT molecular complexity index is 1910. The lowest BCUT2D eigenvalue weighted by atomic mass is 10.0. The fraction of sp³-hybridized carbons (Fsp3) is 0.796. The van der Waals surface area contributed by atoms with Crippen LogP contribution in [0.2, 0.25) is 0 Å². The van der Waals surface area contributed by atoms with Crippen LogP contribution in [0.1, 0.15) is 104 Å². The molecule has 2 rings (SSSR count). The maximum absolute atomic E-state index is 13.2. The van der Waals surface area contributed by atoms with Crippen LogP contribution < -0.4 is 27.0 Å². The molecule has 7 N–H and O–H groups in total. The number of nitrogens with one attached hydrogen (secondary N) is 4. The van der Waals surface area contributed by atoms with Crippen molar-refractivity contribution in [1.29, 1.82) is 0 Å². The lowest BCUT2D eigenvalue weighted by molar-refractivity contribution is -0.141. The van der Waals surface area contributed by atoms with E-state index in [1.54, 1.807) is 13.8 Å². The molecule has 0 aromatic carbocycles. The standard InChI is InChI=1S/C49H85N8O19P/c1-4-38-33-45(63)56(48(38)66)20-12-41(59)53-18-27-72-31-29-70-25-14-43(61)51-16-22-55(47(65)36-74-35-39(58)11-9-7-6-8-10-24-76-77(68,69)75-5-2)23-17-52-44(62)15-26-71-30-32-73-28-19-54-42(60)13-21-57-46(64)34-40(37(3)50)49(57)67/h37-38,40H,4-36,50H2,1-3H3,(H,51,61)(H,52,62)(H,53,59)(H,54,60)(H,68,69). The number of nitrogens with zero attached hydrogens (tertiary/aromatic N) is 3. The second-order valence-electron chi connectivity index (χ2n) is 18.2. The van der Waals surface area contributed by atoms with Crippen molar-refractivity contribution in [2.24, 2.45) is 17.6 Å². The molecule has 440 valence electrons. The monoisotopic (exact) mass is 1120 g/mol. The fourth-order valence-corrected chi connectivity index (χ4v) is 8.47. The predicted molar refractivity (Wildman–Crippen MR) is 275 cm³/mol. The number of rotatable bonds is 47. The first kappa shape index (κ1) is 68.3. The molecule has 0 aromatic rings. The average molecular weight is 1120 g/mol. The van der Waals surface area contributed by atoms with E-state index < -0.39 is 32.3 Å². The molecule has 0 spiro atoms. The molecule has 9 amide bonds. The average Bonchev–Trinajstić information content (AvgIpc) is 3.83. The number of hydrogen-bond donors (Lipinski definition) is 6. The van der Waals surface area contributed by atoms with Crippen LogP contribution in [0.4, 0.5) is 0 Å². The molecule has 0 saturated carbocycles. The molecular formula is C49H85N8O19P. The van der Waals surface area contributed by atoms with Crippen LogP contribution in [-0.4, -0.2) is 216 Å². The molecule has 0 radical (unpaired) electrons. The summed E-state index contributed by atoms with van der Waals surface area (Å²) in [6, 6.07) is -0.454. The summed E-state index contributed by atoms with van der Waals surface area (Å²) < 4.78 is 48.4. The summed E-state index contributed by atoms with van der Waals surface area (Å²) in [4.78, 5) is 137. The molecule has 28 heteroatoms. The quantitative estimate of drug-likeness (QED) is 0.0254. The first-order chi connectivity index (χ1) is 36.9. The number of hydrogen-bond acceptors (Lipinski definition) is 19. The molecule has 27 nitrogen and oxygen atoms in total. The van der Waals surface area contributed by atoms with Crippen LogP contribution in [-0.2, 0) is 85.2 Å². The molecule has 2 aliphatic heterocycles. The van der Waals surface area contributed by atoms with Crippen LogP contribution in [0.5, 0.6) is 0 Å². The van der Waals surface area contributed by atoms with Crippen molar-refractivity contribution in [2.45, 2.75) is 110 Å². The van der Waals surface area contributed by atoms with Crippen LogP contribution >= 0.6 is 7.82 Å². The number of likely N-dealkylation sites (tertiary alicyclic amines) is 2. The Morgan fingerprint density at radius 3 is 1.58 bits per heavy atom. The van der Waals surface area contributed by atoms with E-state index >= 15 is 0 Å². The number of nitrogens with two attached hydrogens (primary N) is 1. The molecule has 2 heterocycles. The molecule has 77 heavy (non-hydrogen) atoms. The van der Waals surface area contributed by atoms with Crippen LogP contribution in [0.3, 0.4) is 0 Å². The lowest BCUT2D eigenvalue weighted by Crippen LogP contribution is -2.44. The summed E-state index contributed by atoms with van der Waals surface area (Å²) in [7, 11) is -4.02. The highest BCUT2D eigenvalue weighted by atomic mass is 31.2. The van der Waals surface area contributed by atoms with Gasteiger partial charge in [-0.15, -0.1) is 0 Å². The van der Waals surface area contributed by atoms with Gasteiger partial charge in [0.2, 0.25) is 53.2 Å². The third-order valence-electron chi connectivity index (χ3n) is 12.1. The minimum absolute atomic E-state index is 0.00383. The Kier molecular flexibility index (Phi) is 35.8. The van der Waals surface area contributed by atoms with Crippen molar-refractivity contribution in [3.8, 4) is 0 Å². The number of phosphoric ester groups is 1. The van der Waals surface area contributed by atoms with Crippen molar-refractivity contribution < 1.29 is 90.1 Å². The lowest BCUT2D eigenvalue weighted by Gasteiger charge is -2.23. The zero-order valence-electron chi connectivity index (χ0n) is 45.2. The van der Waals surface area contributed by atoms with Crippen molar-refractivity contribution in [3.63, 3.8) is 0 Å². The molecule has 2 saturated heterocycles. The van der Waals surface area contributed by atoms with E-state index in [4.69, 9.17) is 33.9 Å². The van der Waals surface area contributed by atoms with E-state index in [-0.39, 0.29) is 229 Å². The smallest absolute Gasteiger partial charge is 0.379 e. The van der Waals surface area contributed by atoms with Crippen molar-refractivity contribution in [3.05, 3.63) is 0 Å². The van der Waals surface area contributed by atoms with Gasteiger partial charge in [0.1, 0.15) is 13.2 Å². The van der Waals surface area contributed by atoms with Gasteiger partial charge in [-0.05, 0) is 33.1 Å². The van der Waals surface area contributed by atoms with Gasteiger partial charge in [-0.2, -0.15) is 0 Å². The summed E-state index contributed by atoms with van der Waals surface area (Å²) >= 11 is 0. The highest BCUT2D eigenvalue weighted by Gasteiger charge is 2.40. The molecule has 4 atom stereocenters. The number of carbonyl (C=O) groups is 10. The maximum atomic E-state index is 13.2. The first-order valence-electron chi connectivity index (χ1n) is 26.7. The van der Waals surface area contributed by atoms with Gasteiger partial charge in [0, 0.05) is 109 Å². The Labute approximate surface area is 451 Å². The van der Waals surface area contributed by atoms with Gasteiger partial charge in [0.05, 0.1) is 72.0 Å². The largest absolute Gasteiger partial charge is 0.472 e. The van der Waals surface area contributed by atoms with Crippen LogP contribution in [0.25, 0.3) is 0 Å². The van der Waals surface area contributed by atoms with E-state index in [0.29, 0.717) is 19.3 Å². The highest BCUT2D eigenvalue weighted by Crippen LogP contribution is 2.43. The Hall–Kier alpha value is -4.83. The zero-order chi connectivity index (χ0) is 56.9. The van der Waals surface area contributed by atoms with Gasteiger partial charge in [0.25, 0.3) is 0 Å². The zero-order valence-corrected chi connectivity index (χ0v) is 46.1. The third kappa shape index (κ3) is 30.8. The van der Waals surface area contributed by atoms with Gasteiger partial charge in [-0.1, -0.05) is 26.2 Å². The number of ketones is 1. The molecule has 0 aromatic heterocycles. The summed E-state index contributed by atoms with van der Waals surface area (Å²) in [5.74, 6) is -4.04. The van der Waals surface area contributed by atoms with Crippen molar-refractivity contribution >= 4 is 66.8 Å². The third-order valence-corrected chi connectivity index (χ3v) is 13.2. The summed E-state index contributed by atoms with van der Waals surface area (Å²) in [5, 5.41) is 10.8. The van der Waals surface area contributed by atoms with Crippen LogP contribution in [0.15, 0.2) is 0 Å². The molecule has 0 bridgehead atoms. The Balaban J connectivity index is 1.64. The van der Waals surface area contributed by atoms with Crippen molar-refractivity contribution in [2.75, 3.05) is 132 Å². The van der Waals surface area contributed by atoms with Crippen molar-refractivity contribution in [1.82, 2.24) is 36.0 Å². The Morgan fingerprint density at radius 2 is 1.08 bits per heavy atom. The number of Topliss-reactive ketones (excluding diaryl/α,β-unsaturated/α-hetero) is 1. The SMILES string of the molecule is CCOP(=O)(O)OCCCCCCCC(=O)COCC(=O)N(CCNC(=O)CCOCCOCCNC(=O)CCN1C(=O)CC(CC)C1=O)CCNC(=O)CCOCCOCCNC(=O)CCN1C(=O)CC(C(C)N)C1=O. The van der Waals surface area contributed by atoms with Crippen LogP contribution in [0, 0.1) is 11.8 Å². The Morgan fingerprint density at radius 1 is 0.597 bits per heavy atom. The van der Waals surface area contributed by atoms with Gasteiger partial charge in [-0.3, -0.25) is 66.8 Å². The van der Waals surface area contributed by atoms with Gasteiger partial charge >= 0.3 is 7.82 Å². The van der Waals surface area contributed by atoms with Gasteiger partial charge in [-0.25, -0.2) is 4.57 Å². The van der Waals surface area contributed by atoms with E-state index in [9.17, 15) is 57.4 Å². The number of amides is 9. The van der Waals surface area contributed by atoms with Gasteiger partial charge in [0.15, 0.2) is 5.78 Å². The first-order valence-corrected chi connectivity index (χ1v) is 28.2. The van der Waals surface area contributed by atoms with E-state index in [0.717, 1.165) is 29.1 Å². The number of imide groups is 2. The normalized spacial score (nSPS) is 16.6. The molecule has 0 aliphatic carbocycles. The summed E-state index contributed by atoms with van der Waals surface area (Å²) in [6.45, 7) is 6.68. The molecule has 2 fully saturated rings. The second-order valence-corrected chi connectivity index (χ2v) is 19.7. The number of carbonyl (C=O) groups excluding carboxylic acids is 10. The second kappa shape index (κ2) is 40.4. The molecule has 2 aliphatic rings. The molecule has 4 unspecified atom stereocenters. The molecular weight excluding hydrogens is 1040 g/mol. The summed E-state index contributed by atoms with van der Waals surface area (Å²) in [6.07, 6.45) is 4.49. The predicted octanol–water partition coefficient (Wildman–Crippen LogP) is -0.506. The summed E-state index contributed by atoms with van der Waals surface area (Å²) in [5.41, 5.74) is 5.78. The highest BCUT2D eigenvalue weighted by molar-refractivity contribution is 7.47. The minimum atomic E-state index is -4.02.